The summed E-state index contributed by atoms with van der Waals surface area (Å²) in [7, 11) is 0. The number of esters is 1. The van der Waals surface area contributed by atoms with Crippen LogP contribution in [-0.2, 0) is 11.3 Å². The normalized spacial score (nSPS) is 11.1. The number of rotatable bonds is 5. The number of hydrogen-bond donors (Lipinski definition) is 0. The van der Waals surface area contributed by atoms with Crippen LogP contribution in [0.3, 0.4) is 0 Å². The summed E-state index contributed by atoms with van der Waals surface area (Å²) in [6.45, 7) is 4.12. The zero-order valence-electron chi connectivity index (χ0n) is 15.8. The second-order valence-electron chi connectivity index (χ2n) is 6.38. The first kappa shape index (κ1) is 19.4. The van der Waals surface area contributed by atoms with Crippen LogP contribution >= 0.6 is 22.9 Å². The second kappa shape index (κ2) is 7.85. The Bertz CT molecular complexity index is 1250. The van der Waals surface area contributed by atoms with E-state index in [1.54, 1.807) is 25.1 Å². The van der Waals surface area contributed by atoms with E-state index in [1.807, 2.05) is 19.1 Å². The molecule has 148 valence electrons. The number of thiophene rings is 1. The number of halogens is 1. The van der Waals surface area contributed by atoms with Crippen LogP contribution < -0.4 is 5.56 Å². The molecule has 0 spiro atoms. The van der Waals surface area contributed by atoms with E-state index < -0.39 is 5.97 Å². The highest BCUT2D eigenvalue weighted by molar-refractivity contribution is 7.19. The highest BCUT2D eigenvalue weighted by Crippen LogP contribution is 2.35. The van der Waals surface area contributed by atoms with Crippen LogP contribution in [0.5, 0.6) is 0 Å². The van der Waals surface area contributed by atoms with E-state index in [1.165, 1.54) is 28.3 Å². The van der Waals surface area contributed by atoms with Gasteiger partial charge in [0.15, 0.2) is 0 Å². The van der Waals surface area contributed by atoms with E-state index in [0.717, 1.165) is 16.0 Å². The average molecular weight is 429 g/mol. The van der Waals surface area contributed by atoms with Gasteiger partial charge >= 0.3 is 5.97 Å². The fourth-order valence-electron chi connectivity index (χ4n) is 3.16. The lowest BCUT2D eigenvalue weighted by Gasteiger charge is -2.05. The van der Waals surface area contributed by atoms with Crippen molar-refractivity contribution in [3.8, 4) is 11.1 Å². The Labute approximate surface area is 175 Å². The van der Waals surface area contributed by atoms with Gasteiger partial charge in [0.1, 0.15) is 10.6 Å². The minimum absolute atomic E-state index is 0.108. The number of hydrogen-bond acceptors (Lipinski definition) is 6. The standard InChI is InChI=1S/C21H17ClN2O4S/c1-3-27-21(26)16-9-8-15(28-16)10-24-11-23-19-18(20(24)25)17(12(2)29-19)13-4-6-14(22)7-5-13/h4-9,11H,3,10H2,1-2H3. The molecule has 0 fully saturated rings. The van der Waals surface area contributed by atoms with E-state index in [9.17, 15) is 9.59 Å². The number of benzene rings is 1. The van der Waals surface area contributed by atoms with Crippen molar-refractivity contribution in [2.75, 3.05) is 6.61 Å². The molecule has 1 aromatic carbocycles. The largest absolute Gasteiger partial charge is 0.460 e. The fourth-order valence-corrected chi connectivity index (χ4v) is 4.29. The van der Waals surface area contributed by atoms with Crippen molar-refractivity contribution in [2.45, 2.75) is 20.4 Å². The molecule has 0 aliphatic carbocycles. The van der Waals surface area contributed by atoms with Crippen LogP contribution in [-0.4, -0.2) is 22.1 Å². The van der Waals surface area contributed by atoms with Gasteiger partial charge in [0.05, 0.1) is 24.9 Å². The number of carbonyl (C=O) groups is 1. The van der Waals surface area contributed by atoms with Gasteiger partial charge < -0.3 is 9.15 Å². The molecule has 0 amide bonds. The molecule has 4 rings (SSSR count). The van der Waals surface area contributed by atoms with Crippen LogP contribution in [0.4, 0.5) is 0 Å². The van der Waals surface area contributed by atoms with Crippen molar-refractivity contribution in [1.29, 1.82) is 0 Å². The lowest BCUT2D eigenvalue weighted by Crippen LogP contribution is -2.20. The number of aromatic nitrogens is 2. The molecule has 0 aliphatic heterocycles. The Hall–Kier alpha value is -2.90. The topological polar surface area (TPSA) is 74.3 Å². The second-order valence-corrected chi connectivity index (χ2v) is 8.02. The van der Waals surface area contributed by atoms with Crippen molar-refractivity contribution in [3.05, 3.63) is 74.5 Å². The third-order valence-electron chi connectivity index (χ3n) is 4.45. The maximum atomic E-state index is 13.2. The molecule has 0 saturated heterocycles. The number of nitrogens with zero attached hydrogens (tertiary/aromatic N) is 2. The molecule has 0 radical (unpaired) electrons. The summed E-state index contributed by atoms with van der Waals surface area (Å²) in [6.07, 6.45) is 1.50. The highest BCUT2D eigenvalue weighted by Gasteiger charge is 2.18. The Balaban J connectivity index is 1.75. The molecule has 8 heteroatoms. The highest BCUT2D eigenvalue weighted by atomic mass is 35.5. The lowest BCUT2D eigenvalue weighted by molar-refractivity contribution is 0.0488. The molecule has 3 aromatic heterocycles. The Kier molecular flexibility index (Phi) is 5.25. The number of furan rings is 1. The third kappa shape index (κ3) is 3.71. The summed E-state index contributed by atoms with van der Waals surface area (Å²) < 4.78 is 11.9. The molecular formula is C21H17ClN2O4S. The van der Waals surface area contributed by atoms with Gasteiger partial charge in [-0.1, -0.05) is 23.7 Å². The maximum absolute atomic E-state index is 13.2. The van der Waals surface area contributed by atoms with Crippen LogP contribution in [0, 0.1) is 6.92 Å². The number of fused-ring (bicyclic) bond motifs is 1. The van der Waals surface area contributed by atoms with Gasteiger partial charge in [-0.05, 0) is 43.7 Å². The molecule has 0 aliphatic rings. The molecule has 0 saturated carbocycles. The third-order valence-corrected chi connectivity index (χ3v) is 5.72. The number of ether oxygens (including phenoxy) is 1. The minimum Gasteiger partial charge on any atom is -0.460 e. The SMILES string of the molecule is CCOC(=O)c1ccc(Cn2cnc3sc(C)c(-c4ccc(Cl)cc4)c3c2=O)o1. The van der Waals surface area contributed by atoms with Crippen LogP contribution in [0.15, 0.2) is 51.9 Å². The summed E-state index contributed by atoms with van der Waals surface area (Å²) >= 11 is 7.48. The van der Waals surface area contributed by atoms with Crippen LogP contribution in [0.1, 0.15) is 28.1 Å². The van der Waals surface area contributed by atoms with Crippen LogP contribution in [0.25, 0.3) is 21.3 Å². The van der Waals surface area contributed by atoms with Gasteiger partial charge in [0, 0.05) is 15.5 Å². The summed E-state index contributed by atoms with van der Waals surface area (Å²) in [4.78, 5) is 31.1. The Morgan fingerprint density at radius 3 is 2.72 bits per heavy atom. The zero-order chi connectivity index (χ0) is 20.5. The van der Waals surface area contributed by atoms with Gasteiger partial charge in [0.25, 0.3) is 5.56 Å². The first-order valence-electron chi connectivity index (χ1n) is 8.98. The monoisotopic (exact) mass is 428 g/mol. The Morgan fingerprint density at radius 1 is 1.24 bits per heavy atom. The first-order chi connectivity index (χ1) is 14.0. The summed E-state index contributed by atoms with van der Waals surface area (Å²) in [5.41, 5.74) is 1.61. The van der Waals surface area contributed by atoms with E-state index >= 15 is 0 Å². The van der Waals surface area contributed by atoms with Crippen LogP contribution in [0.2, 0.25) is 5.02 Å². The molecule has 0 N–H and O–H groups in total. The average Bonchev–Trinajstić information content (AvgIpc) is 3.29. The van der Waals surface area contributed by atoms with Gasteiger partial charge in [-0.2, -0.15) is 0 Å². The van der Waals surface area contributed by atoms with Gasteiger partial charge in [-0.25, -0.2) is 9.78 Å². The van der Waals surface area contributed by atoms with E-state index in [-0.39, 0.29) is 24.5 Å². The van der Waals surface area contributed by atoms with E-state index in [2.05, 4.69) is 4.98 Å². The first-order valence-corrected chi connectivity index (χ1v) is 10.2. The lowest BCUT2D eigenvalue weighted by atomic mass is 10.0. The molecule has 29 heavy (non-hydrogen) atoms. The molecule has 0 bridgehead atoms. The zero-order valence-corrected chi connectivity index (χ0v) is 17.3. The predicted octanol–water partition coefficient (Wildman–Crippen LogP) is 4.90. The van der Waals surface area contributed by atoms with E-state index in [4.69, 9.17) is 20.8 Å². The van der Waals surface area contributed by atoms with Crippen molar-refractivity contribution in [1.82, 2.24) is 9.55 Å². The molecule has 3 heterocycles. The summed E-state index contributed by atoms with van der Waals surface area (Å²) in [5.74, 6) is 0.0478. The van der Waals surface area contributed by atoms with Crippen molar-refractivity contribution in [2.24, 2.45) is 0 Å². The molecule has 6 nitrogen and oxygen atoms in total. The molecule has 0 unspecified atom stereocenters. The maximum Gasteiger partial charge on any atom is 0.374 e. The van der Waals surface area contributed by atoms with Gasteiger partial charge in [-0.3, -0.25) is 9.36 Å². The predicted molar refractivity (Wildman–Crippen MR) is 113 cm³/mol. The van der Waals surface area contributed by atoms with Gasteiger partial charge in [-0.15, -0.1) is 11.3 Å². The fraction of sp³-hybridized carbons (Fsp3) is 0.190. The number of aryl methyl sites for hydroxylation is 1. The Morgan fingerprint density at radius 2 is 2.00 bits per heavy atom. The smallest absolute Gasteiger partial charge is 0.374 e. The minimum atomic E-state index is -0.529. The van der Waals surface area contributed by atoms with Crippen molar-refractivity contribution < 1.29 is 13.9 Å². The molecule has 0 atom stereocenters. The summed E-state index contributed by atoms with van der Waals surface area (Å²) in [6, 6.07) is 10.6. The summed E-state index contributed by atoms with van der Waals surface area (Å²) in [5, 5.41) is 1.20. The molecular weight excluding hydrogens is 412 g/mol. The van der Waals surface area contributed by atoms with E-state index in [0.29, 0.717) is 21.0 Å². The quantitative estimate of drug-likeness (QED) is 0.422. The number of carbonyl (C=O) groups excluding carboxylic acids is 1. The van der Waals surface area contributed by atoms with Gasteiger partial charge in [0.2, 0.25) is 5.76 Å². The van der Waals surface area contributed by atoms with Crippen molar-refractivity contribution in [3.63, 3.8) is 0 Å². The molecule has 4 aromatic rings. The van der Waals surface area contributed by atoms with Crippen molar-refractivity contribution >= 4 is 39.1 Å².